The van der Waals surface area contributed by atoms with E-state index in [9.17, 15) is 32.1 Å². The lowest BCUT2D eigenvalue weighted by molar-refractivity contribution is -0.192. The molecule has 0 aliphatic heterocycles. The van der Waals surface area contributed by atoms with Crippen LogP contribution in [-0.2, 0) is 30.1 Å². The van der Waals surface area contributed by atoms with Gasteiger partial charge in [0.15, 0.2) is 0 Å². The topological polar surface area (TPSA) is 195 Å². The Morgan fingerprint density at radius 3 is 1.71 bits per heavy atom. The summed E-state index contributed by atoms with van der Waals surface area (Å²) in [6, 6.07) is 19.0. The number of alkyl carbamates (subject to hydrolysis) is 1. The molecule has 0 aromatic heterocycles. The Kier molecular flexibility index (Phi) is 15.0. The second-order valence-electron chi connectivity index (χ2n) is 9.98. The molecule has 0 saturated carbocycles. The van der Waals surface area contributed by atoms with Crippen molar-refractivity contribution in [3.63, 3.8) is 0 Å². The highest BCUT2D eigenvalue weighted by atomic mass is 31.2. The van der Waals surface area contributed by atoms with E-state index < -0.39 is 31.7 Å². The number of terminal acetylenes is 1. The summed E-state index contributed by atoms with van der Waals surface area (Å²) >= 11 is 0. The van der Waals surface area contributed by atoms with Crippen LogP contribution in [0.2, 0.25) is 0 Å². The van der Waals surface area contributed by atoms with Gasteiger partial charge in [0.05, 0.1) is 0 Å². The Morgan fingerprint density at radius 1 is 0.878 bits per heavy atom. The zero-order chi connectivity index (χ0) is 36.6. The predicted octanol–water partition coefficient (Wildman–Crippen LogP) is 6.18. The first kappa shape index (κ1) is 39.5. The lowest BCUT2D eigenvalue weighted by atomic mass is 10.1. The van der Waals surface area contributed by atoms with Crippen LogP contribution in [0, 0.1) is 12.3 Å². The lowest BCUT2D eigenvalue weighted by Crippen LogP contribution is -2.32. The van der Waals surface area contributed by atoms with Gasteiger partial charge in [-0.3, -0.25) is 9.59 Å². The fraction of sp³-hybridized carbons (Fsp3) is 0.250. The fourth-order valence-corrected chi connectivity index (χ4v) is 5.42. The van der Waals surface area contributed by atoms with Crippen molar-refractivity contribution >= 4 is 48.5 Å². The van der Waals surface area contributed by atoms with Crippen LogP contribution >= 0.6 is 7.60 Å². The largest absolute Gasteiger partial charge is 0.490 e. The molecule has 17 heteroatoms. The number of carboxylic acid groups (broad SMARTS) is 1. The molecule has 0 radical (unpaired) electrons. The van der Waals surface area contributed by atoms with E-state index in [0.29, 0.717) is 35.5 Å². The van der Waals surface area contributed by atoms with Crippen LogP contribution in [0.15, 0.2) is 72.8 Å². The highest BCUT2D eigenvalue weighted by molar-refractivity contribution is 7.55. The van der Waals surface area contributed by atoms with Crippen LogP contribution in [0.4, 0.5) is 35.0 Å². The number of nitrogen functional groups attached to an aromatic ring is 1. The van der Waals surface area contributed by atoms with E-state index in [1.54, 1.807) is 48.5 Å². The average Bonchev–Trinajstić information content (AvgIpc) is 3.01. The Labute approximate surface area is 279 Å². The number of alkyl halides is 3. The van der Waals surface area contributed by atoms with Crippen molar-refractivity contribution in [3.8, 4) is 23.8 Å². The molecule has 0 aliphatic rings. The monoisotopic (exact) mass is 706 g/mol. The Morgan fingerprint density at radius 2 is 1.33 bits per heavy atom. The molecule has 1 atom stereocenters. The molecule has 3 aromatic carbocycles. The summed E-state index contributed by atoms with van der Waals surface area (Å²) < 4.78 is 63.9. The van der Waals surface area contributed by atoms with Gasteiger partial charge >= 0.3 is 25.8 Å². The number of carbonyl (C=O) groups is 4. The van der Waals surface area contributed by atoms with Crippen LogP contribution < -0.4 is 30.7 Å². The zero-order valence-corrected chi connectivity index (χ0v) is 27.2. The van der Waals surface area contributed by atoms with Gasteiger partial charge in [-0.2, -0.15) is 13.2 Å². The first-order valence-corrected chi connectivity index (χ1v) is 15.9. The smallest absolute Gasteiger partial charge is 0.475 e. The molecule has 6 N–H and O–H groups in total. The first-order chi connectivity index (χ1) is 23.0. The Hall–Kier alpha value is -5.68. The predicted molar refractivity (Wildman–Crippen MR) is 175 cm³/mol. The first-order valence-electron chi connectivity index (χ1n) is 14.3. The van der Waals surface area contributed by atoms with Gasteiger partial charge in [0, 0.05) is 50.3 Å². The van der Waals surface area contributed by atoms with Crippen LogP contribution in [0.25, 0.3) is 0 Å². The SMILES string of the molecule is C#CCCCNC(=O)OC(Cc1ccc(N)cc1)P(=O)(Oc1ccc(NC(C)=O)cc1)Oc1ccc(NC(C)=O)cc1.O=C(O)C(F)(F)F. The van der Waals surface area contributed by atoms with Gasteiger partial charge in [0.25, 0.3) is 0 Å². The fourth-order valence-electron chi connectivity index (χ4n) is 3.65. The lowest BCUT2D eigenvalue weighted by Gasteiger charge is -2.27. The van der Waals surface area contributed by atoms with Crippen molar-refractivity contribution in [1.82, 2.24) is 5.32 Å². The van der Waals surface area contributed by atoms with Crippen molar-refractivity contribution in [2.24, 2.45) is 0 Å². The number of aliphatic carboxylic acids is 1. The summed E-state index contributed by atoms with van der Waals surface area (Å²) in [6.07, 6.45) is 0.314. The number of carbonyl (C=O) groups excluding carboxylic acids is 3. The van der Waals surface area contributed by atoms with Gasteiger partial charge in [0.1, 0.15) is 11.5 Å². The van der Waals surface area contributed by atoms with Crippen LogP contribution in [0.3, 0.4) is 0 Å². The van der Waals surface area contributed by atoms with Gasteiger partial charge in [-0.25, -0.2) is 14.2 Å². The van der Waals surface area contributed by atoms with Crippen molar-refractivity contribution < 1.29 is 55.8 Å². The number of ether oxygens (including phenoxy) is 1. The molecule has 3 rings (SSSR count). The molecule has 0 aliphatic carbocycles. The van der Waals surface area contributed by atoms with Gasteiger partial charge in [-0.15, -0.1) is 12.3 Å². The van der Waals surface area contributed by atoms with Crippen LogP contribution in [0.1, 0.15) is 32.3 Å². The molecule has 0 heterocycles. The number of amides is 3. The molecule has 49 heavy (non-hydrogen) atoms. The summed E-state index contributed by atoms with van der Waals surface area (Å²) in [5.41, 5.74) is 8.01. The molecule has 262 valence electrons. The number of carboxylic acids is 1. The number of benzene rings is 3. The van der Waals surface area contributed by atoms with E-state index in [1.165, 1.54) is 38.1 Å². The van der Waals surface area contributed by atoms with Gasteiger partial charge in [0.2, 0.25) is 17.7 Å². The zero-order valence-electron chi connectivity index (χ0n) is 26.3. The number of rotatable bonds is 13. The molecular weight excluding hydrogens is 672 g/mol. The molecule has 0 bridgehead atoms. The van der Waals surface area contributed by atoms with E-state index >= 15 is 0 Å². The standard InChI is InChI=1S/C30H33N4O7P.C2HF3O2/c1-4-5-6-19-32-30(37)39-29(20-23-7-9-24(31)10-8-23)42(38,40-27-15-11-25(12-16-27)33-21(2)35)41-28-17-13-26(14-18-28)34-22(3)36;3-2(4,5)1(6)7/h1,7-18,29H,5-6,19-20,31H2,2-3H3,(H,32,37)(H,33,35)(H,34,36);(H,6,7). The second kappa shape index (κ2) is 18.6. The van der Waals surface area contributed by atoms with Crippen LogP contribution in [0.5, 0.6) is 11.5 Å². The van der Waals surface area contributed by atoms with Crippen molar-refractivity contribution in [3.05, 3.63) is 78.4 Å². The molecular formula is C32H34F3N4O9P. The number of nitrogens with two attached hydrogens (primary N) is 1. The summed E-state index contributed by atoms with van der Waals surface area (Å²) in [7, 11) is -4.36. The van der Waals surface area contributed by atoms with Gasteiger partial charge in [-0.1, -0.05) is 12.1 Å². The maximum Gasteiger partial charge on any atom is 0.490 e. The van der Waals surface area contributed by atoms with Gasteiger partial charge < -0.3 is 40.6 Å². The van der Waals surface area contributed by atoms with E-state index in [2.05, 4.69) is 21.9 Å². The summed E-state index contributed by atoms with van der Waals surface area (Å²) in [5.74, 6) is -1.90. The molecule has 13 nitrogen and oxygen atoms in total. The molecule has 0 spiro atoms. The summed E-state index contributed by atoms with van der Waals surface area (Å²) in [4.78, 5) is 44.5. The normalized spacial score (nSPS) is 11.3. The number of nitrogens with one attached hydrogen (secondary N) is 3. The number of halogens is 3. The number of anilines is 3. The summed E-state index contributed by atoms with van der Waals surface area (Å²) in [5, 5.41) is 15.0. The quantitative estimate of drug-likeness (QED) is 0.0593. The van der Waals surface area contributed by atoms with E-state index in [-0.39, 0.29) is 36.3 Å². The minimum Gasteiger partial charge on any atom is -0.475 e. The average molecular weight is 707 g/mol. The third kappa shape index (κ3) is 14.7. The number of unbranched alkanes of at least 4 members (excludes halogenated alkanes) is 1. The van der Waals surface area contributed by atoms with E-state index in [0.717, 1.165) is 0 Å². The Bertz CT molecular complexity index is 1600. The molecule has 3 amide bonds. The van der Waals surface area contributed by atoms with Crippen molar-refractivity contribution in [2.45, 2.75) is 45.1 Å². The maximum atomic E-state index is 14.6. The van der Waals surface area contributed by atoms with Crippen LogP contribution in [-0.4, -0.2) is 47.5 Å². The molecule has 1 unspecified atom stereocenters. The van der Waals surface area contributed by atoms with E-state index in [4.69, 9.17) is 35.8 Å². The third-order valence-electron chi connectivity index (χ3n) is 5.81. The molecule has 3 aromatic rings. The highest BCUT2D eigenvalue weighted by Crippen LogP contribution is 2.54. The second-order valence-corrected chi connectivity index (χ2v) is 12.0. The highest BCUT2D eigenvalue weighted by Gasteiger charge is 2.43. The van der Waals surface area contributed by atoms with Gasteiger partial charge in [-0.05, 0) is 72.6 Å². The van der Waals surface area contributed by atoms with Crippen molar-refractivity contribution in [2.75, 3.05) is 22.9 Å². The maximum absolute atomic E-state index is 14.6. The Balaban J connectivity index is 0.00000107. The van der Waals surface area contributed by atoms with Crippen molar-refractivity contribution in [1.29, 1.82) is 0 Å². The van der Waals surface area contributed by atoms with E-state index in [1.807, 2.05) is 0 Å². The summed E-state index contributed by atoms with van der Waals surface area (Å²) in [6.45, 7) is 3.00. The molecule has 0 saturated heterocycles. The minimum atomic E-state index is -5.08. The number of hydrogen-bond acceptors (Lipinski definition) is 9. The minimum absolute atomic E-state index is 0.0384. The third-order valence-corrected chi connectivity index (χ3v) is 7.73. The number of hydrogen-bond donors (Lipinski definition) is 5. The molecule has 0 fully saturated rings.